The van der Waals surface area contributed by atoms with Crippen molar-refractivity contribution in [1.29, 1.82) is 0 Å². The molecule has 1 aromatic carbocycles. The Kier molecular flexibility index (Phi) is 7.35. The minimum absolute atomic E-state index is 0.000645. The molecule has 0 amide bonds. The van der Waals surface area contributed by atoms with Crippen LogP contribution in [0.15, 0.2) is 59.7 Å². The van der Waals surface area contributed by atoms with Gasteiger partial charge in [0.15, 0.2) is 14.1 Å². The van der Waals surface area contributed by atoms with Crippen molar-refractivity contribution in [3.05, 3.63) is 71.1 Å². The zero-order valence-corrected chi connectivity index (χ0v) is 22.5. The van der Waals surface area contributed by atoms with Crippen molar-refractivity contribution < 1.29 is 23.1 Å². The van der Waals surface area contributed by atoms with Crippen molar-refractivity contribution in [2.45, 2.75) is 83.2 Å². The quantitative estimate of drug-likeness (QED) is 0.320. The van der Waals surface area contributed by atoms with Crippen LogP contribution in [-0.2, 0) is 25.2 Å². The molecule has 0 aromatic heterocycles. The van der Waals surface area contributed by atoms with Gasteiger partial charge in [-0.2, -0.15) is 0 Å². The second-order valence-electron chi connectivity index (χ2n) is 11.6. The molecule has 1 saturated carbocycles. The van der Waals surface area contributed by atoms with E-state index in [0.717, 1.165) is 36.0 Å². The Morgan fingerprint density at radius 3 is 2.40 bits per heavy atom. The van der Waals surface area contributed by atoms with Crippen molar-refractivity contribution in [3.8, 4) is 0 Å². The summed E-state index contributed by atoms with van der Waals surface area (Å²) in [6.07, 6.45) is 10.2. The van der Waals surface area contributed by atoms with Gasteiger partial charge in [0.2, 0.25) is 0 Å². The van der Waals surface area contributed by atoms with E-state index < -0.39 is 14.4 Å². The molecule has 0 N–H and O–H groups in total. The van der Waals surface area contributed by atoms with E-state index in [1.807, 2.05) is 18.2 Å². The summed E-state index contributed by atoms with van der Waals surface area (Å²) in [5, 5.41) is -0.0644. The number of hydrogen-bond acceptors (Lipinski definition) is 4. The second kappa shape index (κ2) is 9.98. The number of carbonyl (C=O) groups excluding carboxylic acids is 2. The summed E-state index contributed by atoms with van der Waals surface area (Å²) < 4.78 is 26.0. The fourth-order valence-corrected chi connectivity index (χ4v) is 6.30. The van der Waals surface area contributed by atoms with Crippen molar-refractivity contribution in [1.82, 2.24) is 0 Å². The smallest absolute Gasteiger partial charge is 0.310 e. The molecule has 2 aliphatic heterocycles. The zero-order chi connectivity index (χ0) is 25.4. The van der Waals surface area contributed by atoms with Gasteiger partial charge < -0.3 is 9.16 Å². The van der Waals surface area contributed by atoms with Crippen LogP contribution in [0.5, 0.6) is 0 Å². The summed E-state index contributed by atoms with van der Waals surface area (Å²) >= 11 is 0. The van der Waals surface area contributed by atoms with Crippen LogP contribution in [0.4, 0.5) is 4.39 Å². The van der Waals surface area contributed by atoms with E-state index in [4.69, 9.17) is 9.16 Å². The highest BCUT2D eigenvalue weighted by Gasteiger charge is 2.45. The van der Waals surface area contributed by atoms with Crippen molar-refractivity contribution in [2.24, 2.45) is 11.8 Å². The van der Waals surface area contributed by atoms with E-state index in [1.54, 1.807) is 12.1 Å². The largest absolute Gasteiger partial charge is 0.458 e. The molecule has 5 rings (SSSR count). The first-order valence-corrected chi connectivity index (χ1v) is 15.6. The summed E-state index contributed by atoms with van der Waals surface area (Å²) in [5.41, 5.74) is 3.09. The van der Waals surface area contributed by atoms with Gasteiger partial charge in [-0.1, -0.05) is 62.8 Å². The first-order chi connectivity index (χ1) is 16.4. The molecular weight excluding hydrogens is 459 g/mol. The lowest BCUT2D eigenvalue weighted by molar-refractivity contribution is -0.161. The molecule has 6 heteroatoms. The van der Waals surface area contributed by atoms with Crippen LogP contribution in [0.2, 0.25) is 18.1 Å². The lowest BCUT2D eigenvalue weighted by Crippen LogP contribution is -2.47. The van der Waals surface area contributed by atoms with E-state index in [9.17, 15) is 14.0 Å². The molecule has 4 nitrogen and oxygen atoms in total. The van der Waals surface area contributed by atoms with Gasteiger partial charge >= 0.3 is 5.97 Å². The maximum Gasteiger partial charge on any atom is 0.310 e. The van der Waals surface area contributed by atoms with E-state index in [2.05, 4.69) is 39.9 Å². The molecular formula is C29H37FO4Si. The molecule has 0 spiro atoms. The highest BCUT2D eigenvalue weighted by atomic mass is 28.4. The fourth-order valence-electron chi connectivity index (χ4n) is 5.02. The van der Waals surface area contributed by atoms with Crippen molar-refractivity contribution >= 4 is 20.1 Å². The van der Waals surface area contributed by atoms with Crippen LogP contribution in [0.1, 0.15) is 52.0 Å². The molecule has 4 bridgehead atoms. The zero-order valence-electron chi connectivity index (χ0n) is 21.5. The van der Waals surface area contributed by atoms with E-state index in [-0.39, 0.29) is 47.0 Å². The van der Waals surface area contributed by atoms with E-state index in [0.29, 0.717) is 6.42 Å². The van der Waals surface area contributed by atoms with Crippen molar-refractivity contribution in [2.75, 3.05) is 0 Å². The highest BCUT2D eigenvalue weighted by molar-refractivity contribution is 6.74. The number of esters is 1. The monoisotopic (exact) mass is 496 g/mol. The first kappa shape index (κ1) is 25.8. The molecule has 188 valence electrons. The molecule has 2 heterocycles. The van der Waals surface area contributed by atoms with Crippen LogP contribution >= 0.6 is 0 Å². The number of allylic oxidation sites excluding steroid dienone is 5. The Bertz CT molecular complexity index is 1060. The third-order valence-corrected chi connectivity index (χ3v) is 12.7. The Balaban J connectivity index is 1.63. The van der Waals surface area contributed by atoms with E-state index in [1.165, 1.54) is 12.1 Å². The van der Waals surface area contributed by atoms with Crippen LogP contribution in [-0.4, -0.2) is 32.3 Å². The summed E-state index contributed by atoms with van der Waals surface area (Å²) in [5.74, 6) is -1.02. The van der Waals surface area contributed by atoms with Gasteiger partial charge in [-0.05, 0) is 60.7 Å². The predicted octanol–water partition coefficient (Wildman–Crippen LogP) is 6.48. The number of benzene rings is 1. The molecule has 4 atom stereocenters. The number of rotatable bonds is 7. The Morgan fingerprint density at radius 1 is 1.11 bits per heavy atom. The topological polar surface area (TPSA) is 52.6 Å². The number of hydrogen-bond donors (Lipinski definition) is 0. The van der Waals surface area contributed by atoms with Crippen LogP contribution in [0.25, 0.3) is 0 Å². The standard InChI is InChI=1S/C29H37FO4Si/c1-29(2,3)35(4,5)34-27(16-19-10-12-22(30)13-11-19)25(31)18-24-20-8-6-7-9-21(17-20)26-15-14-23(24)28(32)33-26/h6-13,23-24,26-27H,14-18H2,1-5H3/t23?,24?,26?,27-/m0/s1. The third kappa shape index (κ3) is 5.75. The first-order valence-electron chi connectivity index (χ1n) is 12.7. The van der Waals surface area contributed by atoms with Crippen LogP contribution < -0.4 is 0 Å². The minimum atomic E-state index is -2.26. The molecule has 1 aromatic rings. The maximum atomic E-state index is 13.9. The van der Waals surface area contributed by atoms with Gasteiger partial charge in [0, 0.05) is 18.8 Å². The average Bonchev–Trinajstić information content (AvgIpc) is 3.05. The maximum absolute atomic E-state index is 13.9. The summed E-state index contributed by atoms with van der Waals surface area (Å²) in [4.78, 5) is 26.9. The number of ether oxygens (including phenoxy) is 1. The van der Waals surface area contributed by atoms with E-state index >= 15 is 0 Å². The van der Waals surface area contributed by atoms with Gasteiger partial charge in [-0.15, -0.1) is 0 Å². The SMILES string of the molecule is CC(C)(C)[Si](C)(C)O[C@@H](Cc1ccc(F)cc1)C(=O)CC1C2=CC=CC=C(C2)C2CCC1C(=O)O2. The molecule has 2 saturated heterocycles. The number of fused-ring (bicyclic) bond motifs is 2. The van der Waals surface area contributed by atoms with Crippen LogP contribution in [0.3, 0.4) is 0 Å². The second-order valence-corrected chi connectivity index (χ2v) is 16.4. The number of carbonyl (C=O) groups is 2. The minimum Gasteiger partial charge on any atom is -0.458 e. The van der Waals surface area contributed by atoms with Gasteiger partial charge in [0.25, 0.3) is 0 Å². The molecule has 2 aliphatic carbocycles. The number of ketones is 1. The molecule has 3 unspecified atom stereocenters. The van der Waals surface area contributed by atoms with Gasteiger partial charge in [-0.3, -0.25) is 9.59 Å². The normalized spacial score (nSPS) is 25.1. The Morgan fingerprint density at radius 2 is 1.77 bits per heavy atom. The summed E-state index contributed by atoms with van der Waals surface area (Å²) in [7, 11) is -2.26. The highest BCUT2D eigenvalue weighted by Crippen LogP contribution is 2.43. The number of halogens is 1. The Hall–Kier alpha value is -2.31. The summed E-state index contributed by atoms with van der Waals surface area (Å²) in [6.45, 7) is 10.7. The predicted molar refractivity (Wildman–Crippen MR) is 138 cm³/mol. The van der Waals surface area contributed by atoms with Gasteiger partial charge in [0.05, 0.1) is 5.92 Å². The van der Waals surface area contributed by atoms with Crippen molar-refractivity contribution in [3.63, 3.8) is 0 Å². The number of Topliss-reactive ketones (excluding diaryl/α,β-unsaturated/α-hetero) is 1. The lowest BCUT2D eigenvalue weighted by Gasteiger charge is -2.41. The Labute approximate surface area is 209 Å². The fraction of sp³-hybridized carbons (Fsp3) is 0.517. The molecule has 0 radical (unpaired) electrons. The summed E-state index contributed by atoms with van der Waals surface area (Å²) in [6, 6.07) is 6.27. The molecule has 4 aliphatic rings. The van der Waals surface area contributed by atoms with Crippen LogP contribution in [0, 0.1) is 17.7 Å². The molecule has 35 heavy (non-hydrogen) atoms. The third-order valence-electron chi connectivity index (χ3n) is 8.17. The lowest BCUT2D eigenvalue weighted by atomic mass is 9.72. The van der Waals surface area contributed by atoms with Gasteiger partial charge in [0.1, 0.15) is 18.0 Å². The van der Waals surface area contributed by atoms with Gasteiger partial charge in [-0.25, -0.2) is 4.39 Å². The average molecular weight is 497 g/mol. The molecule has 3 fully saturated rings.